The Bertz CT molecular complexity index is 142. The van der Waals surface area contributed by atoms with Gasteiger partial charge in [-0.05, 0) is 25.2 Å². The van der Waals surface area contributed by atoms with E-state index in [-0.39, 0.29) is 18.3 Å². The molecule has 1 aliphatic heterocycles. The molecule has 0 spiro atoms. The fraction of sp³-hybridized carbons (Fsp3) is 1.00. The van der Waals surface area contributed by atoms with Crippen molar-refractivity contribution in [3.8, 4) is 0 Å². The summed E-state index contributed by atoms with van der Waals surface area (Å²) in [6, 6.07) is 0. The molecule has 0 aromatic heterocycles. The molecule has 0 bridgehead atoms. The minimum atomic E-state index is -0.277. The van der Waals surface area contributed by atoms with Gasteiger partial charge in [0.1, 0.15) is 0 Å². The van der Waals surface area contributed by atoms with Crippen LogP contribution in [-0.2, 0) is 4.74 Å². The first-order chi connectivity index (χ1) is 5.57. The first kappa shape index (κ1) is 10.0. The van der Waals surface area contributed by atoms with Gasteiger partial charge in [-0.25, -0.2) is 0 Å². The Morgan fingerprint density at radius 3 is 2.25 bits per heavy atom. The van der Waals surface area contributed by atoms with Crippen molar-refractivity contribution in [3.63, 3.8) is 0 Å². The lowest BCUT2D eigenvalue weighted by molar-refractivity contribution is -0.162. The van der Waals surface area contributed by atoms with Gasteiger partial charge in [0, 0.05) is 0 Å². The Balaban J connectivity index is 2.63. The van der Waals surface area contributed by atoms with Crippen molar-refractivity contribution in [2.45, 2.75) is 52.4 Å². The molecule has 0 aromatic rings. The van der Waals surface area contributed by atoms with Gasteiger partial charge in [0.05, 0.1) is 18.3 Å². The normalized spacial score (nSPS) is 49.2. The Labute approximate surface area is 74.9 Å². The van der Waals surface area contributed by atoms with Crippen LogP contribution in [0.25, 0.3) is 0 Å². The number of rotatable bonds is 1. The standard InChI is InChI=1S/C10H20O2/c1-5-9-10(11)7(3)6(2)8(4)12-9/h6-11H,5H2,1-4H3/t6-,7-,8-,9-,10+/m1/s1. The minimum absolute atomic E-state index is 0.0474. The molecule has 1 N–H and O–H groups in total. The summed E-state index contributed by atoms with van der Waals surface area (Å²) in [4.78, 5) is 0. The number of hydrogen-bond acceptors (Lipinski definition) is 2. The highest BCUT2D eigenvalue weighted by molar-refractivity contribution is 4.85. The smallest absolute Gasteiger partial charge is 0.0837 e. The van der Waals surface area contributed by atoms with E-state index in [2.05, 4.69) is 27.7 Å². The van der Waals surface area contributed by atoms with E-state index >= 15 is 0 Å². The summed E-state index contributed by atoms with van der Waals surface area (Å²) >= 11 is 0. The van der Waals surface area contributed by atoms with E-state index < -0.39 is 0 Å². The maximum Gasteiger partial charge on any atom is 0.0837 e. The average Bonchev–Trinajstić information content (AvgIpc) is 2.08. The van der Waals surface area contributed by atoms with Gasteiger partial charge in [-0.3, -0.25) is 0 Å². The van der Waals surface area contributed by atoms with Gasteiger partial charge in [-0.15, -0.1) is 0 Å². The third-order valence-corrected chi connectivity index (χ3v) is 3.28. The second-order valence-electron chi connectivity index (χ2n) is 4.00. The molecule has 0 unspecified atom stereocenters. The number of aliphatic hydroxyl groups excluding tert-OH is 1. The molecule has 2 nitrogen and oxygen atoms in total. The van der Waals surface area contributed by atoms with Gasteiger partial charge in [0.2, 0.25) is 0 Å². The topological polar surface area (TPSA) is 29.5 Å². The molecule has 1 fully saturated rings. The predicted molar refractivity (Wildman–Crippen MR) is 49.0 cm³/mol. The van der Waals surface area contributed by atoms with E-state index in [4.69, 9.17) is 4.74 Å². The van der Waals surface area contributed by atoms with Crippen molar-refractivity contribution < 1.29 is 9.84 Å². The van der Waals surface area contributed by atoms with Crippen LogP contribution in [0, 0.1) is 11.8 Å². The van der Waals surface area contributed by atoms with Crippen molar-refractivity contribution in [1.29, 1.82) is 0 Å². The molecule has 12 heavy (non-hydrogen) atoms. The molecule has 0 saturated carbocycles. The summed E-state index contributed by atoms with van der Waals surface area (Å²) in [6.45, 7) is 8.40. The van der Waals surface area contributed by atoms with E-state index in [9.17, 15) is 5.11 Å². The molecule has 72 valence electrons. The number of hydrogen-bond donors (Lipinski definition) is 1. The molecule has 0 aliphatic carbocycles. The van der Waals surface area contributed by atoms with E-state index in [1.54, 1.807) is 0 Å². The quantitative estimate of drug-likeness (QED) is 0.653. The molecule has 1 saturated heterocycles. The highest BCUT2D eigenvalue weighted by atomic mass is 16.5. The van der Waals surface area contributed by atoms with E-state index in [1.807, 2.05) is 0 Å². The second kappa shape index (κ2) is 3.75. The number of ether oxygens (including phenoxy) is 1. The van der Waals surface area contributed by atoms with Crippen LogP contribution >= 0.6 is 0 Å². The van der Waals surface area contributed by atoms with Crippen molar-refractivity contribution in [2.75, 3.05) is 0 Å². The fourth-order valence-corrected chi connectivity index (χ4v) is 1.89. The third kappa shape index (κ3) is 1.64. The zero-order valence-electron chi connectivity index (χ0n) is 8.45. The lowest BCUT2D eigenvalue weighted by Crippen LogP contribution is -2.47. The summed E-state index contributed by atoms with van der Waals surface area (Å²) in [5.41, 5.74) is 0. The zero-order chi connectivity index (χ0) is 9.30. The van der Waals surface area contributed by atoms with Crippen LogP contribution in [-0.4, -0.2) is 23.4 Å². The summed E-state index contributed by atoms with van der Waals surface area (Å²) in [5, 5.41) is 9.80. The molecular formula is C10H20O2. The molecule has 0 amide bonds. The molecule has 2 heteroatoms. The Morgan fingerprint density at radius 1 is 1.17 bits per heavy atom. The maximum absolute atomic E-state index is 9.80. The summed E-state index contributed by atoms with van der Waals surface area (Å²) in [6.07, 6.45) is 0.962. The van der Waals surface area contributed by atoms with Crippen molar-refractivity contribution in [3.05, 3.63) is 0 Å². The second-order valence-corrected chi connectivity index (χ2v) is 4.00. The zero-order valence-corrected chi connectivity index (χ0v) is 8.45. The molecular weight excluding hydrogens is 152 g/mol. The monoisotopic (exact) mass is 172 g/mol. The largest absolute Gasteiger partial charge is 0.390 e. The Hall–Kier alpha value is -0.0800. The molecule has 0 radical (unpaired) electrons. The third-order valence-electron chi connectivity index (χ3n) is 3.28. The molecule has 0 aromatic carbocycles. The van der Waals surface area contributed by atoms with Gasteiger partial charge in [0.25, 0.3) is 0 Å². The predicted octanol–water partition coefficient (Wildman–Crippen LogP) is 1.82. The average molecular weight is 172 g/mol. The lowest BCUT2D eigenvalue weighted by Gasteiger charge is -2.41. The summed E-state index contributed by atoms with van der Waals surface area (Å²) in [5.74, 6) is 0.821. The van der Waals surface area contributed by atoms with Crippen molar-refractivity contribution in [2.24, 2.45) is 11.8 Å². The van der Waals surface area contributed by atoms with Crippen LogP contribution in [0.5, 0.6) is 0 Å². The van der Waals surface area contributed by atoms with Crippen LogP contribution in [0.4, 0.5) is 0 Å². The fourth-order valence-electron chi connectivity index (χ4n) is 1.89. The highest BCUT2D eigenvalue weighted by Gasteiger charge is 2.37. The first-order valence-electron chi connectivity index (χ1n) is 4.91. The Morgan fingerprint density at radius 2 is 1.75 bits per heavy atom. The van der Waals surface area contributed by atoms with Crippen LogP contribution in [0.1, 0.15) is 34.1 Å². The summed E-state index contributed by atoms with van der Waals surface area (Å²) < 4.78 is 5.68. The van der Waals surface area contributed by atoms with Crippen LogP contribution in [0.15, 0.2) is 0 Å². The van der Waals surface area contributed by atoms with Crippen LogP contribution < -0.4 is 0 Å². The van der Waals surface area contributed by atoms with Gasteiger partial charge in [-0.1, -0.05) is 20.8 Å². The van der Waals surface area contributed by atoms with Crippen molar-refractivity contribution >= 4 is 0 Å². The number of aliphatic hydroxyl groups is 1. The molecule has 5 atom stereocenters. The first-order valence-corrected chi connectivity index (χ1v) is 4.91. The maximum atomic E-state index is 9.80. The molecule has 1 rings (SSSR count). The molecule has 1 aliphatic rings. The van der Waals surface area contributed by atoms with E-state index in [0.29, 0.717) is 11.8 Å². The minimum Gasteiger partial charge on any atom is -0.390 e. The van der Waals surface area contributed by atoms with Crippen LogP contribution in [0.2, 0.25) is 0 Å². The van der Waals surface area contributed by atoms with Gasteiger partial charge in [0.15, 0.2) is 0 Å². The SMILES string of the molecule is CC[C@H]1O[C@H](C)[C@H](C)[C@@H](C)[C@@H]1O. The van der Waals surface area contributed by atoms with E-state index in [0.717, 1.165) is 6.42 Å². The van der Waals surface area contributed by atoms with E-state index in [1.165, 1.54) is 0 Å². The van der Waals surface area contributed by atoms with Gasteiger partial charge < -0.3 is 9.84 Å². The summed E-state index contributed by atoms with van der Waals surface area (Å²) in [7, 11) is 0. The highest BCUT2D eigenvalue weighted by Crippen LogP contribution is 2.31. The lowest BCUT2D eigenvalue weighted by atomic mass is 9.81. The van der Waals surface area contributed by atoms with Crippen LogP contribution in [0.3, 0.4) is 0 Å². The van der Waals surface area contributed by atoms with Crippen molar-refractivity contribution in [1.82, 2.24) is 0 Å². The molecule has 1 heterocycles. The van der Waals surface area contributed by atoms with Gasteiger partial charge >= 0.3 is 0 Å². The van der Waals surface area contributed by atoms with Gasteiger partial charge in [-0.2, -0.15) is 0 Å². The Kier molecular flexibility index (Phi) is 3.13.